The molecule has 5 heteroatoms. The third kappa shape index (κ3) is 4.17. The van der Waals surface area contributed by atoms with Crippen LogP contribution >= 0.6 is 0 Å². The van der Waals surface area contributed by atoms with Crippen LogP contribution in [0.1, 0.15) is 25.7 Å². The number of pyridine rings is 1. The number of fused-ring (bicyclic) bond motifs is 1. The van der Waals surface area contributed by atoms with Gasteiger partial charge in [-0.3, -0.25) is 9.88 Å². The summed E-state index contributed by atoms with van der Waals surface area (Å²) in [6, 6.07) is 9.87. The Morgan fingerprint density at radius 1 is 1.00 bits per heavy atom. The molecular formula is C21H29N3O2. The third-order valence-corrected chi connectivity index (χ3v) is 5.67. The van der Waals surface area contributed by atoms with E-state index in [2.05, 4.69) is 14.8 Å². The van der Waals surface area contributed by atoms with Crippen molar-refractivity contribution in [2.24, 2.45) is 0 Å². The standard InChI is InChI=1S/C21H29N3O2/c25-19-16-24(15-14-23-11-2-1-3-12-23)13-9-21(19)26-20-8-4-7-18-17(20)6-5-10-22-18/h4-8,10,19,21,25H,1-3,9,11-16H2/t19-,21-/m1/s1. The van der Waals surface area contributed by atoms with Crippen molar-refractivity contribution in [1.82, 2.24) is 14.8 Å². The highest BCUT2D eigenvalue weighted by Crippen LogP contribution is 2.27. The average Bonchev–Trinajstić information content (AvgIpc) is 2.69. The van der Waals surface area contributed by atoms with E-state index < -0.39 is 6.10 Å². The van der Waals surface area contributed by atoms with E-state index in [9.17, 15) is 5.11 Å². The third-order valence-electron chi connectivity index (χ3n) is 5.67. The number of likely N-dealkylation sites (tertiary alicyclic amines) is 2. The molecule has 140 valence electrons. The maximum atomic E-state index is 10.6. The predicted octanol–water partition coefficient (Wildman–Crippen LogP) is 2.53. The van der Waals surface area contributed by atoms with Crippen LogP contribution in [0.3, 0.4) is 0 Å². The van der Waals surface area contributed by atoms with Gasteiger partial charge in [-0.05, 0) is 56.6 Å². The van der Waals surface area contributed by atoms with Crippen LogP contribution in [-0.4, -0.2) is 71.4 Å². The molecule has 0 spiro atoms. The fraction of sp³-hybridized carbons (Fsp3) is 0.571. The van der Waals surface area contributed by atoms with Crippen LogP contribution in [0, 0.1) is 0 Å². The second-order valence-corrected chi connectivity index (χ2v) is 7.54. The molecule has 0 aliphatic carbocycles. The number of aliphatic hydroxyl groups excluding tert-OH is 1. The van der Waals surface area contributed by atoms with Gasteiger partial charge in [0.1, 0.15) is 18.0 Å². The Balaban J connectivity index is 1.32. The number of β-amino-alcohol motifs (C(OH)–C–C–N with tert-alkyl or cyclic N) is 1. The lowest BCUT2D eigenvalue weighted by Crippen LogP contribution is -2.50. The highest BCUT2D eigenvalue weighted by molar-refractivity contribution is 5.84. The summed E-state index contributed by atoms with van der Waals surface area (Å²) in [6.07, 6.45) is 6.10. The van der Waals surface area contributed by atoms with E-state index in [1.807, 2.05) is 30.3 Å². The predicted molar refractivity (Wildman–Crippen MR) is 104 cm³/mol. The first-order valence-electron chi connectivity index (χ1n) is 9.93. The monoisotopic (exact) mass is 355 g/mol. The molecule has 0 amide bonds. The summed E-state index contributed by atoms with van der Waals surface area (Å²) in [5.41, 5.74) is 0.929. The normalized spacial score (nSPS) is 25.4. The highest BCUT2D eigenvalue weighted by Gasteiger charge is 2.29. The van der Waals surface area contributed by atoms with Gasteiger partial charge in [0.15, 0.2) is 0 Å². The van der Waals surface area contributed by atoms with Crippen molar-refractivity contribution in [1.29, 1.82) is 0 Å². The summed E-state index contributed by atoms with van der Waals surface area (Å²) in [4.78, 5) is 9.32. The van der Waals surface area contributed by atoms with Gasteiger partial charge in [0, 0.05) is 37.8 Å². The number of hydrogen-bond acceptors (Lipinski definition) is 5. The molecule has 1 aromatic carbocycles. The van der Waals surface area contributed by atoms with Gasteiger partial charge in [-0.25, -0.2) is 0 Å². The number of hydrogen-bond donors (Lipinski definition) is 1. The first-order chi connectivity index (χ1) is 12.8. The number of nitrogens with zero attached hydrogens (tertiary/aromatic N) is 3. The highest BCUT2D eigenvalue weighted by atomic mass is 16.5. The van der Waals surface area contributed by atoms with E-state index >= 15 is 0 Å². The molecule has 5 nitrogen and oxygen atoms in total. The fourth-order valence-corrected chi connectivity index (χ4v) is 4.12. The Morgan fingerprint density at radius 3 is 2.69 bits per heavy atom. The number of rotatable bonds is 5. The minimum absolute atomic E-state index is 0.146. The van der Waals surface area contributed by atoms with Crippen LogP contribution in [0.2, 0.25) is 0 Å². The molecule has 0 saturated carbocycles. The minimum atomic E-state index is -0.447. The molecule has 2 saturated heterocycles. The summed E-state index contributed by atoms with van der Waals surface area (Å²) in [6.45, 7) is 6.31. The molecule has 2 aromatic rings. The van der Waals surface area contributed by atoms with E-state index in [1.165, 1.54) is 32.4 Å². The molecule has 1 N–H and O–H groups in total. The fourth-order valence-electron chi connectivity index (χ4n) is 4.12. The van der Waals surface area contributed by atoms with Gasteiger partial charge in [-0.15, -0.1) is 0 Å². The largest absolute Gasteiger partial charge is 0.487 e. The lowest BCUT2D eigenvalue weighted by Gasteiger charge is -2.37. The minimum Gasteiger partial charge on any atom is -0.487 e. The van der Waals surface area contributed by atoms with Gasteiger partial charge in [0.2, 0.25) is 0 Å². The van der Waals surface area contributed by atoms with E-state index in [0.717, 1.165) is 42.7 Å². The molecule has 0 unspecified atom stereocenters. The first kappa shape index (κ1) is 17.7. The Hall–Kier alpha value is -1.69. The molecule has 2 fully saturated rings. The Kier molecular flexibility index (Phi) is 5.68. The molecular weight excluding hydrogens is 326 g/mol. The summed E-state index contributed by atoms with van der Waals surface area (Å²) >= 11 is 0. The van der Waals surface area contributed by atoms with Gasteiger partial charge < -0.3 is 14.7 Å². The van der Waals surface area contributed by atoms with Crippen LogP contribution in [-0.2, 0) is 0 Å². The van der Waals surface area contributed by atoms with Crippen molar-refractivity contribution in [2.45, 2.75) is 37.9 Å². The molecule has 0 bridgehead atoms. The van der Waals surface area contributed by atoms with Gasteiger partial charge in [-0.2, -0.15) is 0 Å². The van der Waals surface area contributed by atoms with Crippen LogP contribution in [0.15, 0.2) is 36.5 Å². The summed E-state index contributed by atoms with van der Waals surface area (Å²) in [5, 5.41) is 11.6. The lowest BCUT2D eigenvalue weighted by atomic mass is 10.0. The topological polar surface area (TPSA) is 48.8 Å². The molecule has 26 heavy (non-hydrogen) atoms. The number of aromatic nitrogens is 1. The van der Waals surface area contributed by atoms with Crippen molar-refractivity contribution < 1.29 is 9.84 Å². The maximum absolute atomic E-state index is 10.6. The zero-order chi connectivity index (χ0) is 17.8. The first-order valence-corrected chi connectivity index (χ1v) is 9.93. The molecule has 1 aromatic heterocycles. The van der Waals surface area contributed by atoms with E-state index in [0.29, 0.717) is 6.54 Å². The van der Waals surface area contributed by atoms with Gasteiger partial charge in [0.25, 0.3) is 0 Å². The van der Waals surface area contributed by atoms with Crippen molar-refractivity contribution in [2.75, 3.05) is 39.3 Å². The molecule has 2 aliphatic heterocycles. The second kappa shape index (κ2) is 8.33. The number of aliphatic hydroxyl groups is 1. The summed E-state index contributed by atoms with van der Waals surface area (Å²) in [5.74, 6) is 0.821. The smallest absolute Gasteiger partial charge is 0.129 e. The zero-order valence-electron chi connectivity index (χ0n) is 15.4. The van der Waals surface area contributed by atoms with Crippen molar-refractivity contribution in [3.8, 4) is 5.75 Å². The van der Waals surface area contributed by atoms with Crippen LogP contribution in [0.4, 0.5) is 0 Å². The number of ether oxygens (including phenoxy) is 1. The van der Waals surface area contributed by atoms with E-state index in [1.54, 1.807) is 6.20 Å². The molecule has 4 rings (SSSR count). The Labute approximate surface area is 155 Å². The van der Waals surface area contributed by atoms with Crippen LogP contribution in [0.25, 0.3) is 10.9 Å². The maximum Gasteiger partial charge on any atom is 0.129 e. The quantitative estimate of drug-likeness (QED) is 0.893. The van der Waals surface area contributed by atoms with Gasteiger partial charge in [-0.1, -0.05) is 12.5 Å². The lowest BCUT2D eigenvalue weighted by molar-refractivity contribution is -0.0266. The van der Waals surface area contributed by atoms with Crippen LogP contribution in [0.5, 0.6) is 5.75 Å². The summed E-state index contributed by atoms with van der Waals surface area (Å²) < 4.78 is 6.20. The number of benzene rings is 1. The summed E-state index contributed by atoms with van der Waals surface area (Å²) in [7, 11) is 0. The Bertz CT molecular complexity index is 712. The molecule has 0 radical (unpaired) electrons. The average molecular weight is 355 g/mol. The molecule has 2 aliphatic rings. The van der Waals surface area contributed by atoms with Crippen molar-refractivity contribution >= 4 is 10.9 Å². The van der Waals surface area contributed by atoms with E-state index in [-0.39, 0.29) is 6.10 Å². The van der Waals surface area contributed by atoms with Crippen molar-refractivity contribution in [3.05, 3.63) is 36.5 Å². The number of piperidine rings is 2. The second-order valence-electron chi connectivity index (χ2n) is 7.54. The molecule has 2 atom stereocenters. The van der Waals surface area contributed by atoms with Gasteiger partial charge in [0.05, 0.1) is 5.52 Å². The van der Waals surface area contributed by atoms with Crippen molar-refractivity contribution in [3.63, 3.8) is 0 Å². The molecule has 3 heterocycles. The SMILES string of the molecule is O[C@@H]1CN(CCN2CCCCC2)CC[C@H]1Oc1cccc2ncccc12. The Morgan fingerprint density at radius 2 is 1.85 bits per heavy atom. The van der Waals surface area contributed by atoms with Crippen LogP contribution < -0.4 is 4.74 Å². The zero-order valence-corrected chi connectivity index (χ0v) is 15.4. The van der Waals surface area contributed by atoms with Gasteiger partial charge >= 0.3 is 0 Å². The van der Waals surface area contributed by atoms with E-state index in [4.69, 9.17) is 4.74 Å².